The first-order valence-electron chi connectivity index (χ1n) is 9.21. The van der Waals surface area contributed by atoms with Gasteiger partial charge in [0, 0.05) is 28.1 Å². The zero-order valence-electron chi connectivity index (χ0n) is 16.4. The van der Waals surface area contributed by atoms with Crippen LogP contribution in [0.1, 0.15) is 36.8 Å². The van der Waals surface area contributed by atoms with E-state index in [9.17, 15) is 9.59 Å². The standard InChI is InChI=1S/C21H21N5O2S/c1-21(2,3)16-11-18(26(25-16)17-6-4-5-9-22-17)24-20(28)13-7-8-15-14(10-13)23-19(27)12-29-15/h4-11H,12H2,1-3H3,(H,23,27)(H,24,28). The first kappa shape index (κ1) is 19.2. The summed E-state index contributed by atoms with van der Waals surface area (Å²) < 4.78 is 1.63. The van der Waals surface area contributed by atoms with Crippen molar-refractivity contribution in [2.24, 2.45) is 0 Å². The molecule has 1 aliphatic rings. The molecule has 3 heterocycles. The number of fused-ring (bicyclic) bond motifs is 1. The smallest absolute Gasteiger partial charge is 0.256 e. The van der Waals surface area contributed by atoms with E-state index < -0.39 is 0 Å². The van der Waals surface area contributed by atoms with Gasteiger partial charge in [-0.25, -0.2) is 4.98 Å². The third-order valence-electron chi connectivity index (χ3n) is 4.46. The Morgan fingerprint density at radius 1 is 1.21 bits per heavy atom. The Labute approximate surface area is 172 Å². The summed E-state index contributed by atoms with van der Waals surface area (Å²) in [6.45, 7) is 6.19. The van der Waals surface area contributed by atoms with Crippen LogP contribution >= 0.6 is 11.8 Å². The minimum Gasteiger partial charge on any atom is -0.324 e. The summed E-state index contributed by atoms with van der Waals surface area (Å²) in [5.74, 6) is 1.19. The van der Waals surface area contributed by atoms with Crippen LogP contribution in [0.5, 0.6) is 0 Å². The average molecular weight is 407 g/mol. The van der Waals surface area contributed by atoms with E-state index in [0.717, 1.165) is 10.6 Å². The second-order valence-electron chi connectivity index (χ2n) is 7.77. The first-order chi connectivity index (χ1) is 13.8. The van der Waals surface area contributed by atoms with E-state index in [1.54, 1.807) is 23.0 Å². The largest absolute Gasteiger partial charge is 0.324 e. The van der Waals surface area contributed by atoms with Crippen LogP contribution < -0.4 is 10.6 Å². The molecule has 1 aliphatic heterocycles. The molecule has 2 amide bonds. The molecule has 148 valence electrons. The van der Waals surface area contributed by atoms with Crippen molar-refractivity contribution in [2.45, 2.75) is 31.1 Å². The second kappa shape index (κ2) is 7.36. The molecule has 0 atom stereocenters. The molecule has 29 heavy (non-hydrogen) atoms. The fourth-order valence-corrected chi connectivity index (χ4v) is 3.69. The van der Waals surface area contributed by atoms with Gasteiger partial charge in [0.05, 0.1) is 17.1 Å². The molecule has 4 rings (SSSR count). The van der Waals surface area contributed by atoms with Gasteiger partial charge in [-0.2, -0.15) is 9.78 Å². The van der Waals surface area contributed by atoms with E-state index in [0.29, 0.717) is 28.6 Å². The summed E-state index contributed by atoms with van der Waals surface area (Å²) in [4.78, 5) is 29.9. The summed E-state index contributed by atoms with van der Waals surface area (Å²) in [5.41, 5.74) is 1.77. The molecular formula is C21H21N5O2S. The van der Waals surface area contributed by atoms with Crippen molar-refractivity contribution in [3.05, 3.63) is 59.9 Å². The van der Waals surface area contributed by atoms with Crippen molar-refractivity contribution in [1.82, 2.24) is 14.8 Å². The van der Waals surface area contributed by atoms with Crippen LogP contribution in [0.15, 0.2) is 53.6 Å². The normalized spacial score (nSPS) is 13.6. The molecule has 0 spiro atoms. The fraction of sp³-hybridized carbons (Fsp3) is 0.238. The summed E-state index contributed by atoms with van der Waals surface area (Å²) in [5, 5.41) is 10.4. The van der Waals surface area contributed by atoms with E-state index in [2.05, 4.69) is 41.5 Å². The minimum absolute atomic E-state index is 0.0666. The van der Waals surface area contributed by atoms with Crippen molar-refractivity contribution in [2.75, 3.05) is 16.4 Å². The van der Waals surface area contributed by atoms with Crippen molar-refractivity contribution < 1.29 is 9.59 Å². The lowest BCUT2D eigenvalue weighted by Crippen LogP contribution is -2.20. The average Bonchev–Trinajstić information content (AvgIpc) is 3.12. The van der Waals surface area contributed by atoms with Gasteiger partial charge in [0.15, 0.2) is 5.82 Å². The number of amides is 2. The van der Waals surface area contributed by atoms with Gasteiger partial charge in [0.1, 0.15) is 5.82 Å². The molecule has 2 aromatic heterocycles. The predicted molar refractivity (Wildman–Crippen MR) is 114 cm³/mol. The van der Waals surface area contributed by atoms with E-state index in [1.807, 2.05) is 30.3 Å². The van der Waals surface area contributed by atoms with E-state index >= 15 is 0 Å². The van der Waals surface area contributed by atoms with E-state index in [1.165, 1.54) is 11.8 Å². The lowest BCUT2D eigenvalue weighted by molar-refractivity contribution is -0.113. The van der Waals surface area contributed by atoms with Crippen LogP contribution in [0, 0.1) is 0 Å². The number of thioether (sulfide) groups is 1. The highest BCUT2D eigenvalue weighted by molar-refractivity contribution is 8.00. The molecule has 0 bridgehead atoms. The first-order valence-corrected chi connectivity index (χ1v) is 10.2. The molecule has 3 aromatic rings. The Morgan fingerprint density at radius 2 is 2.03 bits per heavy atom. The maximum Gasteiger partial charge on any atom is 0.256 e. The van der Waals surface area contributed by atoms with E-state index in [4.69, 9.17) is 0 Å². The number of anilines is 2. The third kappa shape index (κ3) is 4.02. The van der Waals surface area contributed by atoms with Gasteiger partial charge < -0.3 is 10.6 Å². The monoisotopic (exact) mass is 407 g/mol. The highest BCUT2D eigenvalue weighted by atomic mass is 32.2. The molecule has 0 unspecified atom stereocenters. The van der Waals surface area contributed by atoms with Gasteiger partial charge in [-0.1, -0.05) is 26.8 Å². The number of nitrogens with one attached hydrogen (secondary N) is 2. The van der Waals surface area contributed by atoms with Crippen molar-refractivity contribution in [3.63, 3.8) is 0 Å². The summed E-state index contributed by atoms with van der Waals surface area (Å²) in [7, 11) is 0. The number of rotatable bonds is 3. The predicted octanol–water partition coefficient (Wildman–Crippen LogP) is 3.86. The van der Waals surface area contributed by atoms with Gasteiger partial charge in [0.2, 0.25) is 5.91 Å². The molecule has 0 aliphatic carbocycles. The fourth-order valence-electron chi connectivity index (χ4n) is 2.90. The SMILES string of the molecule is CC(C)(C)c1cc(NC(=O)c2ccc3c(c2)NC(=O)CS3)n(-c2ccccn2)n1. The van der Waals surface area contributed by atoms with Crippen LogP contribution in [0.25, 0.3) is 5.82 Å². The molecular weight excluding hydrogens is 386 g/mol. The third-order valence-corrected chi connectivity index (χ3v) is 5.53. The van der Waals surface area contributed by atoms with Crippen LogP contribution in [-0.4, -0.2) is 32.3 Å². The molecule has 0 saturated carbocycles. The zero-order chi connectivity index (χ0) is 20.6. The molecule has 0 saturated heterocycles. The van der Waals surface area contributed by atoms with Gasteiger partial charge in [-0.3, -0.25) is 9.59 Å². The molecule has 0 fully saturated rings. The number of carbonyl (C=O) groups is 2. The number of hydrogen-bond acceptors (Lipinski definition) is 5. The maximum atomic E-state index is 12.9. The summed E-state index contributed by atoms with van der Waals surface area (Å²) in [6, 6.07) is 12.7. The molecule has 1 aromatic carbocycles. The van der Waals surface area contributed by atoms with Crippen LogP contribution in [-0.2, 0) is 10.2 Å². The minimum atomic E-state index is -0.282. The van der Waals surface area contributed by atoms with Crippen LogP contribution in [0.3, 0.4) is 0 Å². The molecule has 0 radical (unpaired) electrons. The lowest BCUT2D eigenvalue weighted by atomic mass is 9.92. The van der Waals surface area contributed by atoms with Crippen LogP contribution in [0.4, 0.5) is 11.5 Å². The number of carbonyl (C=O) groups excluding carboxylic acids is 2. The summed E-state index contributed by atoms with van der Waals surface area (Å²) in [6.07, 6.45) is 1.68. The van der Waals surface area contributed by atoms with Gasteiger partial charge in [-0.15, -0.1) is 11.8 Å². The zero-order valence-corrected chi connectivity index (χ0v) is 17.2. The number of nitrogens with zero attached hydrogens (tertiary/aromatic N) is 3. The summed E-state index contributed by atoms with van der Waals surface area (Å²) >= 11 is 1.46. The van der Waals surface area contributed by atoms with Crippen molar-refractivity contribution in [1.29, 1.82) is 0 Å². The highest BCUT2D eigenvalue weighted by Crippen LogP contribution is 2.32. The quantitative estimate of drug-likeness (QED) is 0.688. The second-order valence-corrected chi connectivity index (χ2v) is 8.78. The number of pyridine rings is 1. The molecule has 7 nitrogen and oxygen atoms in total. The maximum absolute atomic E-state index is 12.9. The Balaban J connectivity index is 1.67. The number of benzene rings is 1. The Bertz CT molecular complexity index is 1090. The van der Waals surface area contributed by atoms with Crippen molar-refractivity contribution in [3.8, 4) is 5.82 Å². The number of hydrogen-bond donors (Lipinski definition) is 2. The topological polar surface area (TPSA) is 88.9 Å². The Kier molecular flexibility index (Phi) is 4.87. The number of aromatic nitrogens is 3. The molecule has 8 heteroatoms. The lowest BCUT2D eigenvalue weighted by Gasteiger charge is -2.17. The van der Waals surface area contributed by atoms with Gasteiger partial charge in [-0.05, 0) is 30.3 Å². The van der Waals surface area contributed by atoms with Crippen LogP contribution in [0.2, 0.25) is 0 Å². The van der Waals surface area contributed by atoms with Crippen molar-refractivity contribution >= 4 is 35.1 Å². The molecule has 2 N–H and O–H groups in total. The Hall–Kier alpha value is -3.13. The van der Waals surface area contributed by atoms with E-state index in [-0.39, 0.29) is 17.2 Å². The Morgan fingerprint density at radius 3 is 2.76 bits per heavy atom. The van der Waals surface area contributed by atoms with Gasteiger partial charge >= 0.3 is 0 Å². The highest BCUT2D eigenvalue weighted by Gasteiger charge is 2.23. The van der Waals surface area contributed by atoms with Gasteiger partial charge in [0.25, 0.3) is 5.91 Å².